The molecule has 122 valence electrons. The summed E-state index contributed by atoms with van der Waals surface area (Å²) in [5, 5.41) is 8.89. The SMILES string of the molecule is Cc1ccc([C@H]2[C@H](S(=O)(=O)c3ccc(C)cc3)[C@@]2(N)CO)cc1. The molecule has 0 unspecified atom stereocenters. The molecule has 23 heavy (non-hydrogen) atoms. The Labute approximate surface area is 136 Å². The van der Waals surface area contributed by atoms with Gasteiger partial charge in [0.2, 0.25) is 0 Å². The summed E-state index contributed by atoms with van der Waals surface area (Å²) in [4.78, 5) is 0.256. The Morgan fingerprint density at radius 2 is 1.48 bits per heavy atom. The van der Waals surface area contributed by atoms with Crippen LogP contribution in [-0.4, -0.2) is 30.9 Å². The second-order valence-corrected chi connectivity index (χ2v) is 8.51. The molecule has 0 bridgehead atoms. The summed E-state index contributed by atoms with van der Waals surface area (Å²) in [6, 6.07) is 14.4. The van der Waals surface area contributed by atoms with Crippen LogP contribution in [0.5, 0.6) is 0 Å². The minimum absolute atomic E-state index is 0.256. The van der Waals surface area contributed by atoms with Gasteiger partial charge < -0.3 is 10.8 Å². The number of rotatable bonds is 4. The van der Waals surface area contributed by atoms with Crippen molar-refractivity contribution in [3.8, 4) is 0 Å². The maximum absolute atomic E-state index is 12.9. The average molecular weight is 331 g/mol. The number of aryl methyl sites for hydroxylation is 2. The lowest BCUT2D eigenvalue weighted by Crippen LogP contribution is -2.35. The Bertz CT molecular complexity index is 812. The molecule has 0 heterocycles. The fourth-order valence-electron chi connectivity index (χ4n) is 3.21. The summed E-state index contributed by atoms with van der Waals surface area (Å²) in [7, 11) is -3.59. The van der Waals surface area contributed by atoms with Crippen molar-refractivity contribution in [1.29, 1.82) is 0 Å². The highest BCUT2D eigenvalue weighted by molar-refractivity contribution is 7.92. The molecule has 4 nitrogen and oxygen atoms in total. The summed E-state index contributed by atoms with van der Waals surface area (Å²) in [5.74, 6) is -0.389. The first-order chi connectivity index (χ1) is 10.8. The van der Waals surface area contributed by atoms with E-state index in [-0.39, 0.29) is 17.4 Å². The van der Waals surface area contributed by atoms with Crippen LogP contribution in [0, 0.1) is 13.8 Å². The van der Waals surface area contributed by atoms with Crippen molar-refractivity contribution < 1.29 is 13.5 Å². The third-order valence-electron chi connectivity index (χ3n) is 4.70. The van der Waals surface area contributed by atoms with Crippen molar-refractivity contribution in [2.24, 2.45) is 5.73 Å². The van der Waals surface area contributed by atoms with E-state index in [1.807, 2.05) is 38.1 Å². The maximum Gasteiger partial charge on any atom is 0.183 e. The monoisotopic (exact) mass is 331 g/mol. The third-order valence-corrected chi connectivity index (χ3v) is 7.01. The van der Waals surface area contributed by atoms with Crippen LogP contribution < -0.4 is 5.73 Å². The number of nitrogens with two attached hydrogens (primary N) is 1. The van der Waals surface area contributed by atoms with E-state index < -0.39 is 20.6 Å². The molecule has 0 saturated heterocycles. The van der Waals surface area contributed by atoms with E-state index >= 15 is 0 Å². The molecule has 0 aliphatic heterocycles. The fourth-order valence-corrected chi connectivity index (χ4v) is 5.51. The number of aliphatic hydroxyl groups excluding tert-OH is 1. The highest BCUT2D eigenvalue weighted by Gasteiger charge is 2.69. The summed E-state index contributed by atoms with van der Waals surface area (Å²) in [5.41, 5.74) is 8.05. The van der Waals surface area contributed by atoms with Gasteiger partial charge in [0.25, 0.3) is 0 Å². The quantitative estimate of drug-likeness (QED) is 0.897. The summed E-state index contributed by atoms with van der Waals surface area (Å²) in [6.45, 7) is 3.52. The summed E-state index contributed by atoms with van der Waals surface area (Å²) >= 11 is 0. The van der Waals surface area contributed by atoms with Crippen molar-refractivity contribution >= 4 is 9.84 Å². The van der Waals surface area contributed by atoms with Gasteiger partial charge in [-0.05, 0) is 31.5 Å². The smallest absolute Gasteiger partial charge is 0.183 e. The van der Waals surface area contributed by atoms with Gasteiger partial charge in [-0.2, -0.15) is 0 Å². The molecule has 0 radical (unpaired) electrons. The molecule has 2 aromatic rings. The van der Waals surface area contributed by atoms with Crippen LogP contribution in [0.1, 0.15) is 22.6 Å². The Kier molecular flexibility index (Phi) is 3.83. The molecule has 0 amide bonds. The van der Waals surface area contributed by atoms with E-state index in [1.165, 1.54) is 0 Å². The minimum Gasteiger partial charge on any atom is -0.394 e. The molecule has 1 aliphatic carbocycles. The zero-order valence-corrected chi connectivity index (χ0v) is 14.0. The van der Waals surface area contributed by atoms with Crippen molar-refractivity contribution in [2.75, 3.05) is 6.61 Å². The average Bonchev–Trinajstić information content (AvgIpc) is 3.16. The van der Waals surface area contributed by atoms with E-state index in [4.69, 9.17) is 5.73 Å². The molecule has 2 aromatic carbocycles. The fraction of sp³-hybridized carbons (Fsp3) is 0.333. The Morgan fingerprint density at radius 3 is 1.96 bits per heavy atom. The second kappa shape index (κ2) is 5.44. The van der Waals surface area contributed by atoms with Crippen molar-refractivity contribution in [2.45, 2.75) is 35.4 Å². The molecule has 1 aliphatic rings. The van der Waals surface area contributed by atoms with Crippen LogP contribution >= 0.6 is 0 Å². The standard InChI is InChI=1S/C18H21NO3S/c1-12-3-7-14(8-4-12)16-17(18(16,19)11-20)23(21,22)15-9-5-13(2)6-10-15/h3-10,16-17,20H,11,19H2,1-2H3/t16-,17-,18+/m0/s1. The number of aliphatic hydroxyl groups is 1. The zero-order chi connectivity index (χ0) is 16.8. The minimum atomic E-state index is -3.59. The van der Waals surface area contributed by atoms with Gasteiger partial charge in [0, 0.05) is 5.92 Å². The lowest BCUT2D eigenvalue weighted by Gasteiger charge is -2.08. The van der Waals surface area contributed by atoms with Crippen molar-refractivity contribution in [1.82, 2.24) is 0 Å². The molecular formula is C18H21NO3S. The Hall–Kier alpha value is -1.69. The van der Waals surface area contributed by atoms with E-state index in [9.17, 15) is 13.5 Å². The van der Waals surface area contributed by atoms with Crippen LogP contribution in [0.2, 0.25) is 0 Å². The highest BCUT2D eigenvalue weighted by Crippen LogP contribution is 2.55. The predicted octanol–water partition coefficient (Wildman–Crippen LogP) is 1.93. The van der Waals surface area contributed by atoms with Gasteiger partial charge in [-0.25, -0.2) is 8.42 Å². The topological polar surface area (TPSA) is 80.4 Å². The number of hydrogen-bond acceptors (Lipinski definition) is 4. The first kappa shape index (κ1) is 16.2. The van der Waals surface area contributed by atoms with Crippen LogP contribution in [-0.2, 0) is 9.84 Å². The number of hydrogen-bond donors (Lipinski definition) is 2. The van der Waals surface area contributed by atoms with E-state index in [0.29, 0.717) is 0 Å². The van der Waals surface area contributed by atoms with E-state index in [1.54, 1.807) is 24.3 Å². The van der Waals surface area contributed by atoms with Crippen LogP contribution in [0.15, 0.2) is 53.4 Å². The highest BCUT2D eigenvalue weighted by atomic mass is 32.2. The van der Waals surface area contributed by atoms with Gasteiger partial charge in [0.05, 0.1) is 22.3 Å². The van der Waals surface area contributed by atoms with Gasteiger partial charge in [0.1, 0.15) is 0 Å². The molecule has 0 spiro atoms. The maximum atomic E-state index is 12.9. The van der Waals surface area contributed by atoms with Crippen LogP contribution in [0.4, 0.5) is 0 Å². The molecular weight excluding hydrogens is 310 g/mol. The lowest BCUT2D eigenvalue weighted by molar-refractivity contribution is 0.253. The van der Waals surface area contributed by atoms with Crippen LogP contribution in [0.3, 0.4) is 0 Å². The molecule has 1 fully saturated rings. The molecule has 3 atom stereocenters. The number of benzene rings is 2. The number of sulfone groups is 1. The largest absolute Gasteiger partial charge is 0.394 e. The molecule has 3 rings (SSSR count). The van der Waals surface area contributed by atoms with Gasteiger partial charge >= 0.3 is 0 Å². The second-order valence-electron chi connectivity index (χ2n) is 6.44. The predicted molar refractivity (Wildman–Crippen MR) is 90.1 cm³/mol. The molecule has 1 saturated carbocycles. The zero-order valence-electron chi connectivity index (χ0n) is 13.2. The van der Waals surface area contributed by atoms with Crippen molar-refractivity contribution in [3.63, 3.8) is 0 Å². The molecule has 5 heteroatoms. The molecule has 3 N–H and O–H groups in total. The van der Waals surface area contributed by atoms with E-state index in [2.05, 4.69) is 0 Å². The summed E-state index contributed by atoms with van der Waals surface area (Å²) in [6.07, 6.45) is 0. The van der Waals surface area contributed by atoms with Gasteiger partial charge in [0.15, 0.2) is 9.84 Å². The summed E-state index contributed by atoms with van der Waals surface area (Å²) < 4.78 is 25.9. The first-order valence-corrected chi connectivity index (χ1v) is 9.12. The van der Waals surface area contributed by atoms with Gasteiger partial charge in [-0.3, -0.25) is 0 Å². The Morgan fingerprint density at radius 1 is 1.00 bits per heavy atom. The Balaban J connectivity index is 2.01. The van der Waals surface area contributed by atoms with E-state index in [0.717, 1.165) is 16.7 Å². The molecule has 0 aromatic heterocycles. The first-order valence-electron chi connectivity index (χ1n) is 7.57. The lowest BCUT2D eigenvalue weighted by atomic mass is 10.1. The van der Waals surface area contributed by atoms with Gasteiger partial charge in [-0.15, -0.1) is 0 Å². The van der Waals surface area contributed by atoms with Crippen molar-refractivity contribution in [3.05, 3.63) is 65.2 Å². The normalized spacial score (nSPS) is 27.0. The third kappa shape index (κ3) is 2.59. The van der Waals surface area contributed by atoms with Crippen LogP contribution in [0.25, 0.3) is 0 Å². The van der Waals surface area contributed by atoms with Gasteiger partial charge in [-0.1, -0.05) is 47.5 Å².